The zero-order valence-electron chi connectivity index (χ0n) is 14.5. The van der Waals surface area contributed by atoms with Crippen LogP contribution in [0, 0.1) is 13.7 Å². The maximum atomic E-state index is 12.4. The van der Waals surface area contributed by atoms with E-state index in [9.17, 15) is 29.6 Å². The van der Waals surface area contributed by atoms with Gasteiger partial charge in [0.25, 0.3) is 16.8 Å². The quantitative estimate of drug-likeness (QED) is 0.217. The van der Waals surface area contributed by atoms with Gasteiger partial charge in [-0.15, -0.1) is 0 Å². The second kappa shape index (κ2) is 7.84. The SMILES string of the molecule is CC(C)(C)OC(=O)CN1C(=O)SC(=Cc2cc([N+](=O)[O-])cc(I)c2O)C1=O. The number of phenolic OH excluding ortho intramolecular Hbond substituents is 1. The number of nitro benzene ring substituents is 1. The highest BCUT2D eigenvalue weighted by molar-refractivity contribution is 14.1. The van der Waals surface area contributed by atoms with Crippen molar-refractivity contribution in [2.45, 2.75) is 26.4 Å². The maximum absolute atomic E-state index is 12.4. The van der Waals surface area contributed by atoms with E-state index in [2.05, 4.69) is 0 Å². The minimum atomic E-state index is -0.764. The Morgan fingerprint density at radius 1 is 1.41 bits per heavy atom. The highest BCUT2D eigenvalue weighted by atomic mass is 127. The van der Waals surface area contributed by atoms with Crippen molar-refractivity contribution in [1.29, 1.82) is 0 Å². The molecule has 0 atom stereocenters. The standard InChI is InChI=1S/C16H15IN2O7S/c1-16(2,3)26-12(20)7-18-14(22)11(27-15(18)23)5-8-4-9(19(24)25)6-10(17)13(8)21/h4-6,21H,7H2,1-3H3. The minimum Gasteiger partial charge on any atom is -0.506 e. The summed E-state index contributed by atoms with van der Waals surface area (Å²) in [5, 5.41) is 20.4. The van der Waals surface area contributed by atoms with E-state index in [0.29, 0.717) is 11.8 Å². The molecule has 9 nitrogen and oxygen atoms in total. The molecule has 2 amide bonds. The number of aromatic hydroxyl groups is 1. The average Bonchev–Trinajstić information content (AvgIpc) is 2.77. The van der Waals surface area contributed by atoms with Crippen LogP contribution in [-0.4, -0.2) is 44.2 Å². The molecule has 27 heavy (non-hydrogen) atoms. The predicted molar refractivity (Wildman–Crippen MR) is 106 cm³/mol. The number of nitro groups is 1. The lowest BCUT2D eigenvalue weighted by molar-refractivity contribution is -0.385. The normalized spacial score (nSPS) is 16.1. The predicted octanol–water partition coefficient (Wildman–Crippen LogP) is 3.28. The van der Waals surface area contributed by atoms with Crippen LogP contribution in [0.5, 0.6) is 5.75 Å². The van der Waals surface area contributed by atoms with Crippen LogP contribution in [-0.2, 0) is 14.3 Å². The number of hydrogen-bond donors (Lipinski definition) is 1. The summed E-state index contributed by atoms with van der Waals surface area (Å²) in [6.07, 6.45) is 1.19. The van der Waals surface area contributed by atoms with E-state index in [0.717, 1.165) is 11.0 Å². The van der Waals surface area contributed by atoms with Crippen molar-refractivity contribution < 1.29 is 29.2 Å². The molecule has 0 bridgehead atoms. The van der Waals surface area contributed by atoms with E-state index in [4.69, 9.17) is 4.74 Å². The van der Waals surface area contributed by atoms with Gasteiger partial charge >= 0.3 is 5.97 Å². The van der Waals surface area contributed by atoms with Gasteiger partial charge in [-0.25, -0.2) is 0 Å². The summed E-state index contributed by atoms with van der Waals surface area (Å²) in [4.78, 5) is 47.4. The number of imide groups is 1. The monoisotopic (exact) mass is 506 g/mol. The highest BCUT2D eigenvalue weighted by Crippen LogP contribution is 2.36. The van der Waals surface area contributed by atoms with Crippen molar-refractivity contribution in [3.63, 3.8) is 0 Å². The van der Waals surface area contributed by atoms with Crippen molar-refractivity contribution in [3.05, 3.63) is 36.3 Å². The second-order valence-corrected chi connectivity index (χ2v) is 8.63. The number of hydrogen-bond acceptors (Lipinski definition) is 8. The fraction of sp³-hybridized carbons (Fsp3) is 0.312. The number of nitrogens with zero attached hydrogens (tertiary/aromatic N) is 2. The summed E-state index contributed by atoms with van der Waals surface area (Å²) >= 11 is 2.30. The van der Waals surface area contributed by atoms with E-state index in [1.165, 1.54) is 12.1 Å². The summed E-state index contributed by atoms with van der Waals surface area (Å²) in [6.45, 7) is 4.43. The Morgan fingerprint density at radius 2 is 2.04 bits per heavy atom. The fourth-order valence-corrected chi connectivity index (χ4v) is 3.56. The molecule has 144 valence electrons. The van der Waals surface area contributed by atoms with Crippen LogP contribution in [0.25, 0.3) is 6.08 Å². The third kappa shape index (κ3) is 5.19. The third-order valence-electron chi connectivity index (χ3n) is 3.16. The van der Waals surface area contributed by atoms with Gasteiger partial charge in [-0.1, -0.05) is 0 Å². The van der Waals surface area contributed by atoms with Crippen molar-refractivity contribution >= 4 is 63.2 Å². The number of non-ortho nitro benzene ring substituents is 1. The number of thioether (sulfide) groups is 1. The van der Waals surface area contributed by atoms with Crippen LogP contribution in [0.4, 0.5) is 10.5 Å². The summed E-state index contributed by atoms with van der Waals surface area (Å²) < 4.78 is 5.32. The van der Waals surface area contributed by atoms with E-state index in [1.807, 2.05) is 0 Å². The third-order valence-corrected chi connectivity index (χ3v) is 4.89. The molecule has 1 aliphatic heterocycles. The van der Waals surface area contributed by atoms with Crippen molar-refractivity contribution in [2.75, 3.05) is 6.54 Å². The van der Waals surface area contributed by atoms with Crippen LogP contribution in [0.2, 0.25) is 0 Å². The Bertz CT molecular complexity index is 876. The number of esters is 1. The van der Waals surface area contributed by atoms with Crippen molar-refractivity contribution in [2.24, 2.45) is 0 Å². The van der Waals surface area contributed by atoms with E-state index in [-0.39, 0.29) is 25.5 Å². The molecule has 0 spiro atoms. The van der Waals surface area contributed by atoms with Gasteiger partial charge in [0.15, 0.2) is 0 Å². The number of ether oxygens (including phenoxy) is 1. The fourth-order valence-electron chi connectivity index (χ4n) is 2.10. The number of benzene rings is 1. The van der Waals surface area contributed by atoms with E-state index < -0.39 is 34.2 Å². The molecule has 2 rings (SSSR count). The maximum Gasteiger partial charge on any atom is 0.326 e. The Hall–Kier alpha value is -2.15. The Morgan fingerprint density at radius 3 is 2.59 bits per heavy atom. The molecule has 1 saturated heterocycles. The van der Waals surface area contributed by atoms with Gasteiger partial charge in [0.1, 0.15) is 17.9 Å². The van der Waals surface area contributed by atoms with Crippen LogP contribution < -0.4 is 0 Å². The molecular formula is C16H15IN2O7S. The summed E-state index contributed by atoms with van der Waals surface area (Å²) in [6, 6.07) is 2.28. The number of phenols is 1. The average molecular weight is 506 g/mol. The van der Waals surface area contributed by atoms with Crippen LogP contribution in [0.3, 0.4) is 0 Å². The first-order chi connectivity index (χ1) is 12.4. The largest absolute Gasteiger partial charge is 0.506 e. The van der Waals surface area contributed by atoms with Gasteiger partial charge in [-0.3, -0.25) is 29.4 Å². The van der Waals surface area contributed by atoms with Crippen LogP contribution in [0.15, 0.2) is 17.0 Å². The molecule has 1 aliphatic rings. The van der Waals surface area contributed by atoms with E-state index in [1.54, 1.807) is 43.4 Å². The molecule has 1 heterocycles. The van der Waals surface area contributed by atoms with Gasteiger partial charge in [0.05, 0.1) is 13.4 Å². The first kappa shape index (κ1) is 21.2. The molecule has 0 aromatic heterocycles. The minimum absolute atomic E-state index is 0.0244. The molecule has 1 fully saturated rings. The number of rotatable bonds is 4. The molecule has 1 aromatic carbocycles. The van der Waals surface area contributed by atoms with Gasteiger partial charge < -0.3 is 9.84 Å². The molecule has 1 N–H and O–H groups in total. The molecule has 0 aliphatic carbocycles. The molecule has 0 radical (unpaired) electrons. The summed E-state index contributed by atoms with van der Waals surface area (Å²) in [5.41, 5.74) is -1.01. The smallest absolute Gasteiger partial charge is 0.326 e. The van der Waals surface area contributed by atoms with Gasteiger partial charge in [-0.2, -0.15) is 0 Å². The zero-order chi connectivity index (χ0) is 20.5. The number of halogens is 1. The first-order valence-electron chi connectivity index (χ1n) is 7.53. The van der Waals surface area contributed by atoms with Gasteiger partial charge in [-0.05, 0) is 61.2 Å². The first-order valence-corrected chi connectivity index (χ1v) is 9.42. The summed E-state index contributed by atoms with van der Waals surface area (Å²) in [7, 11) is 0. The number of carbonyl (C=O) groups excluding carboxylic acids is 3. The summed E-state index contributed by atoms with van der Waals surface area (Å²) in [5.74, 6) is -1.73. The Balaban J connectivity index is 2.29. The lowest BCUT2D eigenvalue weighted by Gasteiger charge is -2.21. The molecule has 1 aromatic rings. The number of carbonyl (C=O) groups is 3. The lowest BCUT2D eigenvalue weighted by atomic mass is 10.1. The molecular weight excluding hydrogens is 491 g/mol. The van der Waals surface area contributed by atoms with Crippen LogP contribution in [0.1, 0.15) is 26.3 Å². The second-order valence-electron chi connectivity index (χ2n) is 6.48. The zero-order valence-corrected chi connectivity index (χ0v) is 17.5. The molecule has 0 unspecified atom stereocenters. The van der Waals surface area contributed by atoms with Crippen molar-refractivity contribution in [3.8, 4) is 5.75 Å². The molecule has 0 saturated carbocycles. The van der Waals surface area contributed by atoms with E-state index >= 15 is 0 Å². The highest BCUT2D eigenvalue weighted by Gasteiger charge is 2.37. The number of amides is 2. The van der Waals surface area contributed by atoms with Gasteiger partial charge in [0.2, 0.25) is 0 Å². The Labute approximate surface area is 172 Å². The van der Waals surface area contributed by atoms with Crippen LogP contribution >= 0.6 is 34.4 Å². The lowest BCUT2D eigenvalue weighted by Crippen LogP contribution is -2.37. The topological polar surface area (TPSA) is 127 Å². The Kier molecular flexibility index (Phi) is 6.14. The molecule has 11 heteroatoms. The van der Waals surface area contributed by atoms with Crippen molar-refractivity contribution in [1.82, 2.24) is 4.90 Å². The van der Waals surface area contributed by atoms with Gasteiger partial charge in [0, 0.05) is 17.7 Å².